The molecule has 2 aliphatic rings. The van der Waals surface area contributed by atoms with E-state index < -0.39 is 35.3 Å². The third-order valence-corrected chi connectivity index (χ3v) is 11.1. The van der Waals surface area contributed by atoms with Gasteiger partial charge in [0.25, 0.3) is 0 Å². The normalized spacial score (nSPS) is 14.7. The summed E-state index contributed by atoms with van der Waals surface area (Å²) >= 11 is 12.3. The Hall–Kier alpha value is -5.74. The number of carboxylic acid groups (broad SMARTS) is 2. The molecule has 328 valence electrons. The van der Waals surface area contributed by atoms with Crippen LogP contribution in [-0.2, 0) is 19.1 Å². The predicted molar refractivity (Wildman–Crippen MR) is 255 cm³/mol. The Kier molecular flexibility index (Phi) is 13.6. The molecule has 4 aromatic carbocycles. The first-order chi connectivity index (χ1) is 30.2. The molecule has 2 aromatic heterocycles. The molecule has 2 saturated carbocycles. The Morgan fingerprint density at radius 2 is 0.938 bits per heavy atom. The maximum absolute atomic E-state index is 12.3. The Morgan fingerprint density at radius 3 is 1.23 bits per heavy atom. The van der Waals surface area contributed by atoms with Crippen LogP contribution in [0.3, 0.4) is 0 Å². The number of aryl methyl sites for hydroxylation is 2. The molecule has 6 aromatic rings. The summed E-state index contributed by atoms with van der Waals surface area (Å²) in [6, 6.07) is 26.4. The Balaban J connectivity index is 0.000000191. The Bertz CT molecular complexity index is 2680. The summed E-state index contributed by atoms with van der Waals surface area (Å²) in [5.41, 5.74) is 7.89. The molecular formula is C54H52Cl2N2O6. The molecule has 0 amide bonds. The molecule has 0 radical (unpaired) electrons. The van der Waals surface area contributed by atoms with Crippen LogP contribution in [0.1, 0.15) is 113 Å². The summed E-state index contributed by atoms with van der Waals surface area (Å²) in [4.78, 5) is 34.2. The average molecular weight is 896 g/mol. The van der Waals surface area contributed by atoms with Crippen molar-refractivity contribution in [3.63, 3.8) is 0 Å². The number of halogens is 2. The summed E-state index contributed by atoms with van der Waals surface area (Å²) in [7, 11) is 0. The second-order valence-corrected chi connectivity index (χ2v) is 19.4. The Morgan fingerprint density at radius 1 is 0.594 bits per heavy atom. The van der Waals surface area contributed by atoms with Gasteiger partial charge in [-0.15, -0.1) is 0 Å². The van der Waals surface area contributed by atoms with Crippen LogP contribution in [0.4, 0.5) is 0 Å². The largest absolute Gasteiger partial charge is 0.479 e. The van der Waals surface area contributed by atoms with Crippen LogP contribution in [0, 0.1) is 49.4 Å². The minimum atomic E-state index is -1.13. The van der Waals surface area contributed by atoms with Crippen LogP contribution >= 0.6 is 23.2 Å². The van der Waals surface area contributed by atoms with Crippen molar-refractivity contribution in [1.82, 2.24) is 9.97 Å². The maximum atomic E-state index is 12.3. The number of nitrogens with zero attached hydrogens (tertiary/aromatic N) is 2. The molecule has 0 saturated heterocycles. The fraction of sp³-hybridized carbons (Fsp3) is 0.333. The first kappa shape index (κ1) is 46.3. The van der Waals surface area contributed by atoms with Crippen LogP contribution in [0.15, 0.2) is 84.9 Å². The molecule has 0 spiro atoms. The molecule has 8 nitrogen and oxygen atoms in total. The summed E-state index contributed by atoms with van der Waals surface area (Å²) in [5, 5.41) is 23.1. The van der Waals surface area contributed by atoms with Gasteiger partial charge in [0.2, 0.25) is 0 Å². The van der Waals surface area contributed by atoms with E-state index in [1.54, 1.807) is 24.3 Å². The lowest BCUT2D eigenvalue weighted by molar-refractivity contribution is -0.161. The number of fused-ring (bicyclic) bond motifs is 2. The quantitative estimate of drug-likeness (QED) is 0.145. The summed E-state index contributed by atoms with van der Waals surface area (Å²) in [6.07, 6.45) is 2.39. The fourth-order valence-electron chi connectivity index (χ4n) is 7.49. The van der Waals surface area contributed by atoms with Crippen LogP contribution in [-0.4, -0.2) is 43.3 Å². The molecule has 10 heteroatoms. The molecule has 0 unspecified atom stereocenters. The number of hydrogen-bond donors (Lipinski definition) is 2. The number of ether oxygens (including phenoxy) is 2. The zero-order valence-corrected chi connectivity index (χ0v) is 38.9. The van der Waals surface area contributed by atoms with E-state index in [0.717, 1.165) is 92.3 Å². The van der Waals surface area contributed by atoms with E-state index in [0.29, 0.717) is 33.0 Å². The van der Waals surface area contributed by atoms with Gasteiger partial charge in [0.15, 0.2) is 12.2 Å². The molecule has 2 N–H and O–H groups in total. The molecule has 2 heterocycles. The van der Waals surface area contributed by atoms with Gasteiger partial charge in [0.1, 0.15) is 11.4 Å². The van der Waals surface area contributed by atoms with Crippen molar-refractivity contribution in [3.8, 4) is 45.9 Å². The number of aromatic nitrogens is 2. The van der Waals surface area contributed by atoms with Crippen molar-refractivity contribution in [2.24, 2.45) is 11.8 Å². The second-order valence-electron chi connectivity index (χ2n) is 18.5. The zero-order chi connectivity index (χ0) is 46.1. The van der Waals surface area contributed by atoms with Crippen molar-refractivity contribution in [2.75, 3.05) is 0 Å². The molecule has 0 bridgehead atoms. The van der Waals surface area contributed by atoms with Gasteiger partial charge in [-0.25, -0.2) is 19.6 Å². The highest BCUT2D eigenvalue weighted by atomic mass is 35.5. The van der Waals surface area contributed by atoms with E-state index in [-0.39, 0.29) is 0 Å². The third-order valence-electron chi connectivity index (χ3n) is 10.6. The third kappa shape index (κ3) is 11.5. The minimum Gasteiger partial charge on any atom is -0.479 e. The van der Waals surface area contributed by atoms with Crippen molar-refractivity contribution in [1.29, 1.82) is 0 Å². The first-order valence-electron chi connectivity index (χ1n) is 21.5. The molecule has 64 heavy (non-hydrogen) atoms. The van der Waals surface area contributed by atoms with Crippen molar-refractivity contribution >= 4 is 56.9 Å². The zero-order valence-electron chi connectivity index (χ0n) is 37.4. The molecular weight excluding hydrogens is 844 g/mol. The second kappa shape index (κ2) is 18.8. The fourth-order valence-corrected chi connectivity index (χ4v) is 7.75. The van der Waals surface area contributed by atoms with E-state index in [1.165, 1.54) is 0 Å². The van der Waals surface area contributed by atoms with Gasteiger partial charge in [0.05, 0.1) is 22.2 Å². The van der Waals surface area contributed by atoms with Gasteiger partial charge in [-0.1, -0.05) is 59.3 Å². The molecule has 2 fully saturated rings. The maximum Gasteiger partial charge on any atom is 0.337 e. The van der Waals surface area contributed by atoms with Crippen molar-refractivity contribution in [2.45, 2.75) is 104 Å². The highest BCUT2D eigenvalue weighted by Crippen LogP contribution is 2.42. The van der Waals surface area contributed by atoms with Gasteiger partial charge in [-0.2, -0.15) is 0 Å². The minimum absolute atomic E-state index is 0.493. The number of carbonyl (C=O) groups is 2. The van der Waals surface area contributed by atoms with Crippen LogP contribution in [0.5, 0.6) is 0 Å². The van der Waals surface area contributed by atoms with E-state index in [2.05, 4.69) is 23.7 Å². The number of benzene rings is 4. The molecule has 8 rings (SSSR count). The Labute approximate surface area is 385 Å². The summed E-state index contributed by atoms with van der Waals surface area (Å²) < 4.78 is 12.1. The summed E-state index contributed by atoms with van der Waals surface area (Å²) in [5.74, 6) is 11.8. The lowest BCUT2D eigenvalue weighted by Gasteiger charge is -2.28. The SMILES string of the molecule is Cc1cc2nc(C#CC3CC3)ccc2c(-c2ccc(Cl)cc2)c1[C@H](OC(C)(C)C)C(=O)O.Cc1cc2nc(C#CC3CC3)ccc2c(-c2ccc(Cl)cc2)c1[C@H](OC(C)(C)C)C(=O)O. The van der Waals surface area contributed by atoms with E-state index in [9.17, 15) is 19.8 Å². The van der Waals surface area contributed by atoms with Crippen LogP contribution in [0.2, 0.25) is 10.0 Å². The lowest BCUT2D eigenvalue weighted by atomic mass is 9.88. The highest BCUT2D eigenvalue weighted by molar-refractivity contribution is 6.31. The number of pyridine rings is 2. The van der Waals surface area contributed by atoms with Crippen LogP contribution < -0.4 is 0 Å². The number of carboxylic acids is 2. The van der Waals surface area contributed by atoms with Gasteiger partial charge in [0, 0.05) is 43.8 Å². The lowest BCUT2D eigenvalue weighted by Crippen LogP contribution is -2.28. The van der Waals surface area contributed by atoms with E-state index in [4.69, 9.17) is 42.6 Å². The van der Waals surface area contributed by atoms with Crippen molar-refractivity contribution in [3.05, 3.63) is 129 Å². The van der Waals surface area contributed by atoms with Gasteiger partial charge < -0.3 is 19.7 Å². The number of aliphatic carboxylic acids is 2. The number of rotatable bonds is 8. The smallest absolute Gasteiger partial charge is 0.337 e. The highest BCUT2D eigenvalue weighted by Gasteiger charge is 2.33. The van der Waals surface area contributed by atoms with E-state index >= 15 is 0 Å². The number of hydrogen-bond acceptors (Lipinski definition) is 6. The topological polar surface area (TPSA) is 119 Å². The van der Waals surface area contributed by atoms with Gasteiger partial charge in [-0.05, 0) is 187 Å². The predicted octanol–water partition coefficient (Wildman–Crippen LogP) is 13.1. The standard InChI is InChI=1S/2C27H26ClNO3/c2*1-16-15-22-21(14-13-20(29-22)12-7-17-5-6-17)24(18-8-10-19(28)11-9-18)23(16)25(26(30)31)32-27(2,3)4/h2*8-11,13-15,17,25H,5-6H2,1-4H3,(H,30,31)/t2*25-/m00/s1. The van der Waals surface area contributed by atoms with E-state index in [1.807, 2.05) is 116 Å². The molecule has 2 aliphatic carbocycles. The monoisotopic (exact) mass is 894 g/mol. The van der Waals surface area contributed by atoms with Crippen LogP contribution in [0.25, 0.3) is 44.1 Å². The summed E-state index contributed by atoms with van der Waals surface area (Å²) in [6.45, 7) is 14.9. The first-order valence-corrected chi connectivity index (χ1v) is 22.2. The molecule has 2 atom stereocenters. The van der Waals surface area contributed by atoms with Crippen molar-refractivity contribution < 1.29 is 29.3 Å². The average Bonchev–Trinajstić information content (AvgIpc) is 4.16. The van der Waals surface area contributed by atoms with Gasteiger partial charge >= 0.3 is 11.9 Å². The molecule has 0 aliphatic heterocycles. The van der Waals surface area contributed by atoms with Gasteiger partial charge in [-0.3, -0.25) is 0 Å².